The van der Waals surface area contributed by atoms with Gasteiger partial charge in [-0.1, -0.05) is 18.2 Å². The molecule has 0 atom stereocenters. The van der Waals surface area contributed by atoms with Gasteiger partial charge in [-0.2, -0.15) is 5.26 Å². The molecule has 0 amide bonds. The maximum atomic E-state index is 9.30. The van der Waals surface area contributed by atoms with Crippen molar-refractivity contribution >= 4 is 23.1 Å². The molecule has 0 radical (unpaired) electrons. The van der Waals surface area contributed by atoms with E-state index in [4.69, 9.17) is 14.2 Å². The molecule has 0 fully saturated rings. The van der Waals surface area contributed by atoms with Crippen LogP contribution in [0.1, 0.15) is 16.7 Å². The van der Waals surface area contributed by atoms with Crippen molar-refractivity contribution in [3.05, 3.63) is 53.2 Å². The lowest BCUT2D eigenvalue weighted by atomic mass is 10.1. The SMILES string of the molecule is COc1ccc(/C=C\c2ccc3c(c2)c(C#N)cn3C)c(OC)c1OC. The molecule has 0 aliphatic rings. The van der Waals surface area contributed by atoms with E-state index in [2.05, 4.69) is 6.07 Å². The number of ether oxygens (including phenoxy) is 3. The number of aryl methyl sites for hydroxylation is 1. The number of fused-ring (bicyclic) bond motifs is 1. The predicted molar refractivity (Wildman–Crippen MR) is 103 cm³/mol. The Morgan fingerprint density at radius 1 is 0.962 bits per heavy atom. The van der Waals surface area contributed by atoms with E-state index in [0.717, 1.165) is 22.0 Å². The highest BCUT2D eigenvalue weighted by molar-refractivity contribution is 5.89. The number of rotatable bonds is 5. The number of nitrogens with zero attached hydrogens (tertiary/aromatic N) is 2. The van der Waals surface area contributed by atoms with Crippen molar-refractivity contribution in [2.75, 3.05) is 21.3 Å². The molecule has 3 aromatic rings. The fourth-order valence-electron chi connectivity index (χ4n) is 3.04. The number of aromatic nitrogens is 1. The van der Waals surface area contributed by atoms with Gasteiger partial charge < -0.3 is 18.8 Å². The van der Waals surface area contributed by atoms with Crippen LogP contribution in [-0.4, -0.2) is 25.9 Å². The van der Waals surface area contributed by atoms with Gasteiger partial charge in [0.15, 0.2) is 11.5 Å². The fraction of sp³-hybridized carbons (Fsp3) is 0.190. The van der Waals surface area contributed by atoms with E-state index < -0.39 is 0 Å². The van der Waals surface area contributed by atoms with Crippen LogP contribution in [0.4, 0.5) is 0 Å². The minimum absolute atomic E-state index is 0.558. The molecule has 0 spiro atoms. The van der Waals surface area contributed by atoms with Gasteiger partial charge in [-0.15, -0.1) is 0 Å². The molecule has 0 aliphatic carbocycles. The zero-order valence-electron chi connectivity index (χ0n) is 15.2. The maximum absolute atomic E-state index is 9.30. The lowest BCUT2D eigenvalue weighted by molar-refractivity contribution is 0.324. The van der Waals surface area contributed by atoms with E-state index in [-0.39, 0.29) is 0 Å². The van der Waals surface area contributed by atoms with Crippen LogP contribution in [0.3, 0.4) is 0 Å². The van der Waals surface area contributed by atoms with Gasteiger partial charge in [-0.05, 0) is 29.8 Å². The molecule has 0 saturated carbocycles. The lowest BCUT2D eigenvalue weighted by Crippen LogP contribution is -1.96. The van der Waals surface area contributed by atoms with Crippen molar-refractivity contribution in [1.82, 2.24) is 4.57 Å². The van der Waals surface area contributed by atoms with Crippen LogP contribution >= 0.6 is 0 Å². The van der Waals surface area contributed by atoms with Gasteiger partial charge in [-0.25, -0.2) is 0 Å². The minimum atomic E-state index is 0.558. The summed E-state index contributed by atoms with van der Waals surface area (Å²) in [6.07, 6.45) is 5.78. The zero-order chi connectivity index (χ0) is 18.7. The molecule has 26 heavy (non-hydrogen) atoms. The van der Waals surface area contributed by atoms with Crippen LogP contribution in [0.25, 0.3) is 23.1 Å². The highest BCUT2D eigenvalue weighted by Gasteiger charge is 2.14. The van der Waals surface area contributed by atoms with Crippen molar-refractivity contribution in [2.45, 2.75) is 0 Å². The Balaban J connectivity index is 2.03. The van der Waals surface area contributed by atoms with Crippen LogP contribution in [0.15, 0.2) is 36.5 Å². The van der Waals surface area contributed by atoms with Crippen molar-refractivity contribution < 1.29 is 14.2 Å². The van der Waals surface area contributed by atoms with Gasteiger partial charge >= 0.3 is 0 Å². The summed E-state index contributed by atoms with van der Waals surface area (Å²) in [5, 5.41) is 10.2. The highest BCUT2D eigenvalue weighted by atomic mass is 16.5. The first-order valence-corrected chi connectivity index (χ1v) is 8.09. The summed E-state index contributed by atoms with van der Waals surface area (Å²) < 4.78 is 18.2. The second-order valence-corrected chi connectivity index (χ2v) is 5.80. The molecule has 1 aromatic heterocycles. The average Bonchev–Trinajstić information content (AvgIpc) is 3.00. The number of hydrogen-bond donors (Lipinski definition) is 0. The van der Waals surface area contributed by atoms with Gasteiger partial charge in [-0.3, -0.25) is 0 Å². The Labute approximate surface area is 152 Å². The van der Waals surface area contributed by atoms with E-state index in [1.165, 1.54) is 0 Å². The Hall–Kier alpha value is -3.39. The van der Waals surface area contributed by atoms with E-state index in [1.54, 1.807) is 21.3 Å². The smallest absolute Gasteiger partial charge is 0.203 e. The molecule has 5 nitrogen and oxygen atoms in total. The fourth-order valence-corrected chi connectivity index (χ4v) is 3.04. The number of methoxy groups -OCH3 is 3. The first kappa shape index (κ1) is 17.4. The summed E-state index contributed by atoms with van der Waals surface area (Å²) in [6.45, 7) is 0. The largest absolute Gasteiger partial charge is 0.493 e. The molecule has 0 aliphatic heterocycles. The number of nitriles is 1. The van der Waals surface area contributed by atoms with E-state index in [9.17, 15) is 5.26 Å². The van der Waals surface area contributed by atoms with Crippen LogP contribution in [0.2, 0.25) is 0 Å². The van der Waals surface area contributed by atoms with Gasteiger partial charge in [0.2, 0.25) is 5.75 Å². The predicted octanol–water partition coefficient (Wildman–Crippen LogP) is 4.25. The Morgan fingerprint density at radius 2 is 1.73 bits per heavy atom. The van der Waals surface area contributed by atoms with Crippen molar-refractivity contribution in [1.29, 1.82) is 5.26 Å². The first-order chi connectivity index (χ1) is 12.6. The molecule has 132 valence electrons. The average molecular weight is 348 g/mol. The third-order valence-electron chi connectivity index (χ3n) is 4.32. The van der Waals surface area contributed by atoms with Crippen LogP contribution in [0, 0.1) is 11.3 Å². The molecule has 3 rings (SSSR count). The van der Waals surface area contributed by atoms with Crippen molar-refractivity contribution in [3.63, 3.8) is 0 Å². The molecule has 5 heteroatoms. The molecule has 0 saturated heterocycles. The second-order valence-electron chi connectivity index (χ2n) is 5.80. The highest BCUT2D eigenvalue weighted by Crippen LogP contribution is 2.40. The van der Waals surface area contributed by atoms with Gasteiger partial charge in [0.1, 0.15) is 6.07 Å². The number of benzene rings is 2. The quantitative estimate of drug-likeness (QED) is 0.647. The van der Waals surface area contributed by atoms with Gasteiger partial charge in [0.05, 0.1) is 26.9 Å². The molecule has 1 heterocycles. The summed E-state index contributed by atoms with van der Waals surface area (Å²) in [5.74, 6) is 1.79. The minimum Gasteiger partial charge on any atom is -0.493 e. The normalized spacial score (nSPS) is 10.9. The third kappa shape index (κ3) is 2.98. The molecule has 2 aromatic carbocycles. The van der Waals surface area contributed by atoms with Crippen molar-refractivity contribution in [3.8, 4) is 23.3 Å². The topological polar surface area (TPSA) is 56.4 Å². The Bertz CT molecular complexity index is 1030. The summed E-state index contributed by atoms with van der Waals surface area (Å²) in [4.78, 5) is 0. The molecular weight excluding hydrogens is 328 g/mol. The van der Waals surface area contributed by atoms with Crippen LogP contribution in [-0.2, 0) is 7.05 Å². The summed E-state index contributed by atoms with van der Waals surface area (Å²) in [5.41, 5.74) is 3.57. The summed E-state index contributed by atoms with van der Waals surface area (Å²) in [7, 11) is 6.71. The molecule has 0 N–H and O–H groups in total. The Kier molecular flexibility index (Phi) is 4.85. The second kappa shape index (κ2) is 7.24. The van der Waals surface area contributed by atoms with E-state index >= 15 is 0 Å². The standard InChI is InChI=1S/C21H20N2O3/c1-23-13-16(12-22)17-11-14(6-9-18(17)23)5-7-15-8-10-19(24-2)21(26-4)20(15)25-3/h5-11,13H,1-4H3/b7-5-. The van der Waals surface area contributed by atoms with E-state index in [0.29, 0.717) is 22.8 Å². The first-order valence-electron chi connectivity index (χ1n) is 8.09. The van der Waals surface area contributed by atoms with Crippen LogP contribution in [0.5, 0.6) is 17.2 Å². The summed E-state index contributed by atoms with van der Waals surface area (Å²) in [6, 6.07) is 12.0. The van der Waals surface area contributed by atoms with Gasteiger partial charge in [0.25, 0.3) is 0 Å². The molecule has 0 bridgehead atoms. The third-order valence-corrected chi connectivity index (χ3v) is 4.32. The monoisotopic (exact) mass is 348 g/mol. The van der Waals surface area contributed by atoms with Crippen LogP contribution < -0.4 is 14.2 Å². The van der Waals surface area contributed by atoms with Gasteiger partial charge in [0, 0.05) is 29.7 Å². The number of hydrogen-bond acceptors (Lipinski definition) is 4. The lowest BCUT2D eigenvalue weighted by Gasteiger charge is -2.14. The molecular formula is C21H20N2O3. The van der Waals surface area contributed by atoms with E-state index in [1.807, 2.05) is 60.3 Å². The zero-order valence-corrected chi connectivity index (χ0v) is 15.2. The van der Waals surface area contributed by atoms with Crippen molar-refractivity contribution in [2.24, 2.45) is 7.05 Å². The Morgan fingerprint density at radius 3 is 2.38 bits per heavy atom. The maximum Gasteiger partial charge on any atom is 0.203 e. The molecule has 0 unspecified atom stereocenters. The summed E-state index contributed by atoms with van der Waals surface area (Å²) >= 11 is 0.